The summed E-state index contributed by atoms with van der Waals surface area (Å²) in [6, 6.07) is 13.2. The van der Waals surface area contributed by atoms with Crippen molar-refractivity contribution in [2.45, 2.75) is 58.7 Å². The van der Waals surface area contributed by atoms with Crippen LogP contribution in [0.25, 0.3) is 0 Å². The van der Waals surface area contributed by atoms with Crippen LogP contribution in [-0.4, -0.2) is 29.1 Å². The van der Waals surface area contributed by atoms with E-state index < -0.39 is 0 Å². The Morgan fingerprint density at radius 2 is 1.96 bits per heavy atom. The first-order valence-corrected chi connectivity index (χ1v) is 9.26. The normalized spacial score (nSPS) is 20.9. The van der Waals surface area contributed by atoms with E-state index in [1.807, 2.05) is 19.1 Å². The first-order chi connectivity index (χ1) is 12.0. The van der Waals surface area contributed by atoms with Crippen molar-refractivity contribution in [3.05, 3.63) is 58.9 Å². The summed E-state index contributed by atoms with van der Waals surface area (Å²) in [6.45, 7) is 9.49. The molecule has 2 heterocycles. The second kappa shape index (κ2) is 8.74. The van der Waals surface area contributed by atoms with Gasteiger partial charge in [0.15, 0.2) is 0 Å². The minimum absolute atomic E-state index is 0. The minimum Gasteiger partial charge on any atom is -0.348 e. The van der Waals surface area contributed by atoms with Crippen LogP contribution in [0.15, 0.2) is 36.4 Å². The van der Waals surface area contributed by atoms with E-state index in [1.165, 1.54) is 5.56 Å². The third-order valence-corrected chi connectivity index (χ3v) is 5.48. The topological polar surface area (TPSA) is 46.1 Å². The Balaban J connectivity index is 0.00000243. The summed E-state index contributed by atoms with van der Waals surface area (Å²) in [5.74, 6) is 0.0418. The Morgan fingerprint density at radius 1 is 1.27 bits per heavy atom. The number of nitrogens with zero attached hydrogens (tertiary/aromatic N) is 1. The Morgan fingerprint density at radius 3 is 2.62 bits per heavy atom. The number of halogens is 1. The number of hydrogen-bond acceptors (Lipinski definition) is 2. The van der Waals surface area contributed by atoms with E-state index in [-0.39, 0.29) is 30.4 Å². The fourth-order valence-corrected chi connectivity index (χ4v) is 3.97. The van der Waals surface area contributed by atoms with Crippen molar-refractivity contribution < 1.29 is 4.79 Å². The molecule has 26 heavy (non-hydrogen) atoms. The summed E-state index contributed by atoms with van der Waals surface area (Å²) in [5, 5.41) is 6.67. The molecular formula is C21H30ClN3O. The third-order valence-electron chi connectivity index (χ3n) is 5.48. The molecule has 0 saturated carbocycles. The highest BCUT2D eigenvalue weighted by molar-refractivity contribution is 5.96. The monoisotopic (exact) mass is 375 g/mol. The number of aromatic nitrogens is 1. The van der Waals surface area contributed by atoms with Gasteiger partial charge in [-0.3, -0.25) is 4.79 Å². The van der Waals surface area contributed by atoms with Crippen molar-refractivity contribution in [3.63, 3.8) is 0 Å². The molecule has 2 N–H and O–H groups in total. The van der Waals surface area contributed by atoms with Gasteiger partial charge in [-0.25, -0.2) is 0 Å². The quantitative estimate of drug-likeness (QED) is 0.848. The molecule has 3 atom stereocenters. The lowest BCUT2D eigenvalue weighted by atomic mass is 9.99. The lowest BCUT2D eigenvalue weighted by Crippen LogP contribution is -2.51. The van der Waals surface area contributed by atoms with Crippen molar-refractivity contribution >= 4 is 18.3 Å². The van der Waals surface area contributed by atoms with Crippen molar-refractivity contribution in [1.82, 2.24) is 15.2 Å². The zero-order chi connectivity index (χ0) is 18.0. The molecule has 1 aromatic carbocycles. The summed E-state index contributed by atoms with van der Waals surface area (Å²) in [5.41, 5.74) is 4.19. The Labute approximate surface area is 162 Å². The third kappa shape index (κ3) is 4.13. The second-order valence-corrected chi connectivity index (χ2v) is 7.21. The van der Waals surface area contributed by atoms with Crippen LogP contribution in [0, 0.1) is 13.8 Å². The molecule has 2 aromatic rings. The van der Waals surface area contributed by atoms with E-state index in [4.69, 9.17) is 0 Å². The molecule has 4 nitrogen and oxygen atoms in total. The molecule has 1 aliphatic heterocycles. The van der Waals surface area contributed by atoms with E-state index >= 15 is 0 Å². The summed E-state index contributed by atoms with van der Waals surface area (Å²) in [6.07, 6.45) is 2.15. The second-order valence-electron chi connectivity index (χ2n) is 7.21. The molecular weight excluding hydrogens is 346 g/mol. The Kier molecular flexibility index (Phi) is 6.90. The molecule has 3 unspecified atom stereocenters. The molecule has 1 amide bonds. The van der Waals surface area contributed by atoms with Crippen LogP contribution in [0.1, 0.15) is 60.0 Å². The van der Waals surface area contributed by atoms with Crippen molar-refractivity contribution in [3.8, 4) is 0 Å². The molecule has 0 spiro atoms. The Bertz CT molecular complexity index is 741. The predicted octanol–water partition coefficient (Wildman–Crippen LogP) is 4.01. The SMILES string of the molecule is Cc1cc(C(=O)NC2CCCNC2C)c(C)n1C(C)c1ccccc1.Cl. The van der Waals surface area contributed by atoms with Crippen molar-refractivity contribution in [1.29, 1.82) is 0 Å². The fraction of sp³-hybridized carbons (Fsp3) is 0.476. The van der Waals surface area contributed by atoms with Crippen LogP contribution in [0.5, 0.6) is 0 Å². The average molecular weight is 376 g/mol. The Hall–Kier alpha value is -1.78. The van der Waals surface area contributed by atoms with Crippen LogP contribution in [0.3, 0.4) is 0 Å². The standard InChI is InChI=1S/C21H29N3O.ClH/c1-14-13-19(21(25)23-20-11-8-12-22-15(20)2)17(4)24(14)16(3)18-9-6-5-7-10-18;/h5-7,9-10,13,15-16,20,22H,8,11-12H2,1-4H3,(H,23,25);1H. The molecule has 0 bridgehead atoms. The van der Waals surface area contributed by atoms with Gasteiger partial charge in [0.25, 0.3) is 5.91 Å². The van der Waals surface area contributed by atoms with Gasteiger partial charge in [0.2, 0.25) is 0 Å². The maximum Gasteiger partial charge on any atom is 0.253 e. The molecule has 0 aliphatic carbocycles. The molecule has 1 aromatic heterocycles. The highest BCUT2D eigenvalue weighted by Crippen LogP contribution is 2.25. The summed E-state index contributed by atoms with van der Waals surface area (Å²) in [4.78, 5) is 12.9. The summed E-state index contributed by atoms with van der Waals surface area (Å²) >= 11 is 0. The number of hydrogen-bond donors (Lipinski definition) is 2. The zero-order valence-electron chi connectivity index (χ0n) is 16.1. The average Bonchev–Trinajstić information content (AvgIpc) is 2.91. The van der Waals surface area contributed by atoms with Gasteiger partial charge in [-0.05, 0) is 58.7 Å². The maximum absolute atomic E-state index is 12.9. The van der Waals surface area contributed by atoms with Crippen molar-refractivity contribution in [2.24, 2.45) is 0 Å². The number of nitrogens with one attached hydrogen (secondary N) is 2. The molecule has 1 saturated heterocycles. The molecule has 0 radical (unpaired) electrons. The lowest BCUT2D eigenvalue weighted by molar-refractivity contribution is 0.0919. The fourth-order valence-electron chi connectivity index (χ4n) is 3.97. The van der Waals surface area contributed by atoms with Gasteiger partial charge < -0.3 is 15.2 Å². The van der Waals surface area contributed by atoms with Gasteiger partial charge in [0, 0.05) is 23.5 Å². The van der Waals surface area contributed by atoms with E-state index in [2.05, 4.69) is 60.2 Å². The van der Waals surface area contributed by atoms with E-state index in [0.717, 1.165) is 36.3 Å². The van der Waals surface area contributed by atoms with E-state index in [0.29, 0.717) is 6.04 Å². The van der Waals surface area contributed by atoms with Gasteiger partial charge in [-0.15, -0.1) is 12.4 Å². The number of amides is 1. The van der Waals surface area contributed by atoms with Crippen LogP contribution < -0.4 is 10.6 Å². The van der Waals surface area contributed by atoms with Gasteiger partial charge in [-0.2, -0.15) is 0 Å². The molecule has 3 rings (SSSR count). The van der Waals surface area contributed by atoms with Gasteiger partial charge in [0.1, 0.15) is 0 Å². The summed E-state index contributed by atoms with van der Waals surface area (Å²) in [7, 11) is 0. The van der Waals surface area contributed by atoms with Gasteiger partial charge >= 0.3 is 0 Å². The zero-order valence-corrected chi connectivity index (χ0v) is 16.9. The first kappa shape index (κ1) is 20.5. The first-order valence-electron chi connectivity index (χ1n) is 9.26. The van der Waals surface area contributed by atoms with Crippen LogP contribution in [0.2, 0.25) is 0 Å². The van der Waals surface area contributed by atoms with E-state index in [1.54, 1.807) is 0 Å². The maximum atomic E-state index is 12.9. The number of carbonyl (C=O) groups excluding carboxylic acids is 1. The predicted molar refractivity (Wildman–Crippen MR) is 109 cm³/mol. The molecule has 1 fully saturated rings. The largest absolute Gasteiger partial charge is 0.348 e. The minimum atomic E-state index is 0. The molecule has 142 valence electrons. The number of benzene rings is 1. The van der Waals surface area contributed by atoms with Gasteiger partial charge in [0.05, 0.1) is 11.6 Å². The highest BCUT2D eigenvalue weighted by atomic mass is 35.5. The smallest absolute Gasteiger partial charge is 0.253 e. The molecule has 5 heteroatoms. The van der Waals surface area contributed by atoms with E-state index in [9.17, 15) is 4.79 Å². The number of aryl methyl sites for hydroxylation is 1. The lowest BCUT2D eigenvalue weighted by Gasteiger charge is -2.30. The summed E-state index contributed by atoms with van der Waals surface area (Å²) < 4.78 is 2.26. The number of piperidine rings is 1. The van der Waals surface area contributed by atoms with Crippen LogP contribution in [-0.2, 0) is 0 Å². The van der Waals surface area contributed by atoms with Crippen LogP contribution >= 0.6 is 12.4 Å². The highest BCUT2D eigenvalue weighted by Gasteiger charge is 2.25. The number of rotatable bonds is 4. The van der Waals surface area contributed by atoms with Crippen LogP contribution in [0.4, 0.5) is 0 Å². The van der Waals surface area contributed by atoms with Gasteiger partial charge in [-0.1, -0.05) is 30.3 Å². The molecule has 1 aliphatic rings. The van der Waals surface area contributed by atoms with Crippen molar-refractivity contribution in [2.75, 3.05) is 6.54 Å². The number of carbonyl (C=O) groups is 1.